The Morgan fingerprint density at radius 3 is 1.94 bits per heavy atom. The van der Waals surface area contributed by atoms with Gasteiger partial charge in [0.1, 0.15) is 0 Å². The Morgan fingerprint density at radius 2 is 1.65 bits per heavy atom. The van der Waals surface area contributed by atoms with Gasteiger partial charge in [-0.3, -0.25) is 0 Å². The van der Waals surface area contributed by atoms with Crippen molar-refractivity contribution >= 4 is 10.1 Å². The van der Waals surface area contributed by atoms with Crippen LogP contribution in [-0.2, 0) is 14.4 Å². The van der Waals surface area contributed by atoms with Gasteiger partial charge in [-0.15, -0.1) is 13.2 Å². The summed E-state index contributed by atoms with van der Waals surface area (Å²) in [6.07, 6.45) is -3.17. The fourth-order valence-corrected chi connectivity index (χ4v) is 1.59. The van der Waals surface area contributed by atoms with Gasteiger partial charge in [-0.1, -0.05) is 12.2 Å². The maximum Gasteiger partial charge on any atom is 0.436 e. The smallest absolute Gasteiger partial charge is 0.217 e. The Morgan fingerprint density at radius 1 is 1.24 bits per heavy atom. The van der Waals surface area contributed by atoms with Crippen LogP contribution in [0.4, 0.5) is 17.6 Å². The summed E-state index contributed by atoms with van der Waals surface area (Å²) in [5.74, 6) is 0. The van der Waals surface area contributed by atoms with E-state index >= 15 is 0 Å². The number of hydrogen-bond acceptors (Lipinski definition) is 4. The molecule has 0 fully saturated rings. The molecule has 0 radical (unpaired) electrons. The second-order valence-electron chi connectivity index (χ2n) is 2.85. The molecule has 0 aromatic carbocycles. The van der Waals surface area contributed by atoms with E-state index in [0.717, 1.165) is 0 Å². The molecule has 0 N–H and O–H groups in total. The first-order chi connectivity index (χ1) is 7.65. The minimum absolute atomic E-state index is 0.199. The first-order valence-corrected chi connectivity index (χ1v) is 5.73. The molecule has 0 aromatic rings. The highest BCUT2D eigenvalue weighted by Crippen LogP contribution is 2.28. The van der Waals surface area contributed by atoms with Crippen molar-refractivity contribution in [2.75, 3.05) is 13.1 Å². The Labute approximate surface area is 96.2 Å². The van der Waals surface area contributed by atoms with Crippen molar-refractivity contribution in [3.63, 3.8) is 0 Å². The molecule has 100 valence electrons. The minimum Gasteiger partial charge on any atom is -0.217 e. The molecule has 0 amide bonds. The predicted octanol–water partition coefficient (Wildman–Crippen LogP) is 1.78. The van der Waals surface area contributed by atoms with Gasteiger partial charge in [-0.2, -0.15) is 30.9 Å². The predicted molar refractivity (Wildman–Crippen MR) is 52.9 cm³/mol. The zero-order valence-electron chi connectivity index (χ0n) is 8.65. The maximum absolute atomic E-state index is 12.6. The monoisotopic (exact) mass is 277 g/mol. The topological polar surface area (TPSA) is 46.6 Å². The van der Waals surface area contributed by atoms with Crippen LogP contribution in [-0.4, -0.2) is 38.3 Å². The Kier molecular flexibility index (Phi) is 5.79. The van der Waals surface area contributed by atoms with Crippen molar-refractivity contribution in [1.29, 1.82) is 0 Å². The van der Waals surface area contributed by atoms with Crippen molar-refractivity contribution in [2.24, 2.45) is 0 Å². The number of hydrogen-bond donors (Lipinski definition) is 0. The standard InChI is InChI=1S/C8H11F4NO3S/c1-3-5-13(6-4-2)16-17(14,15)7(9)8(10,11)12/h3-4,7H,1-2,5-6H2. The van der Waals surface area contributed by atoms with E-state index in [0.29, 0.717) is 5.06 Å². The average molecular weight is 277 g/mol. The first kappa shape index (κ1) is 16.1. The Hall–Kier alpha value is -0.930. The summed E-state index contributed by atoms with van der Waals surface area (Å²) in [7, 11) is -5.42. The summed E-state index contributed by atoms with van der Waals surface area (Å²) in [5.41, 5.74) is -4.09. The van der Waals surface area contributed by atoms with E-state index in [2.05, 4.69) is 17.4 Å². The Bertz CT molecular complexity index is 355. The molecule has 17 heavy (non-hydrogen) atoms. The van der Waals surface area contributed by atoms with E-state index in [-0.39, 0.29) is 13.1 Å². The van der Waals surface area contributed by atoms with Gasteiger partial charge in [-0.05, 0) is 0 Å². The number of alkyl halides is 4. The van der Waals surface area contributed by atoms with Gasteiger partial charge in [0.2, 0.25) is 0 Å². The third-order valence-electron chi connectivity index (χ3n) is 1.39. The fraction of sp³-hybridized carbons (Fsp3) is 0.500. The number of nitrogens with zero attached hydrogens (tertiary/aromatic N) is 1. The highest BCUT2D eigenvalue weighted by Gasteiger charge is 2.51. The molecule has 1 atom stereocenters. The lowest BCUT2D eigenvalue weighted by atomic mass is 10.5. The first-order valence-electron chi connectivity index (χ1n) is 4.26. The maximum atomic E-state index is 12.6. The van der Waals surface area contributed by atoms with Crippen LogP contribution in [0.3, 0.4) is 0 Å². The number of rotatable bonds is 7. The summed E-state index contributed by atoms with van der Waals surface area (Å²) in [4.78, 5) is 0. The van der Waals surface area contributed by atoms with Gasteiger partial charge in [0.15, 0.2) is 0 Å². The minimum atomic E-state index is -5.53. The zero-order valence-corrected chi connectivity index (χ0v) is 9.47. The molecule has 1 unspecified atom stereocenters. The van der Waals surface area contributed by atoms with Gasteiger partial charge in [0.05, 0.1) is 0 Å². The highest BCUT2D eigenvalue weighted by molar-refractivity contribution is 7.87. The lowest BCUT2D eigenvalue weighted by Crippen LogP contribution is -2.38. The van der Waals surface area contributed by atoms with Crippen molar-refractivity contribution in [3.8, 4) is 0 Å². The summed E-state index contributed by atoms with van der Waals surface area (Å²) in [5, 5.41) is 0.577. The molecular formula is C8H11F4NO3S. The molecule has 0 spiro atoms. The second-order valence-corrected chi connectivity index (χ2v) is 4.40. The molecule has 0 rings (SSSR count). The van der Waals surface area contributed by atoms with Crippen LogP contribution in [0.1, 0.15) is 0 Å². The van der Waals surface area contributed by atoms with E-state index in [1.165, 1.54) is 12.2 Å². The van der Waals surface area contributed by atoms with Crippen molar-refractivity contribution in [1.82, 2.24) is 5.06 Å². The molecule has 0 bridgehead atoms. The van der Waals surface area contributed by atoms with Crippen LogP contribution < -0.4 is 0 Å². The molecule has 0 saturated carbocycles. The average Bonchev–Trinajstić information content (AvgIpc) is 2.15. The fourth-order valence-electron chi connectivity index (χ4n) is 0.772. The lowest BCUT2D eigenvalue weighted by molar-refractivity contribution is -0.162. The van der Waals surface area contributed by atoms with E-state index in [1.54, 1.807) is 0 Å². The Balaban J connectivity index is 4.83. The van der Waals surface area contributed by atoms with Crippen LogP contribution in [0.15, 0.2) is 25.3 Å². The van der Waals surface area contributed by atoms with Crippen LogP contribution in [0.25, 0.3) is 0 Å². The molecule has 0 heterocycles. The third kappa shape index (κ3) is 5.29. The van der Waals surface area contributed by atoms with Gasteiger partial charge in [-0.25, -0.2) is 4.39 Å². The summed E-state index contributed by atoms with van der Waals surface area (Å²) >= 11 is 0. The van der Waals surface area contributed by atoms with Crippen molar-refractivity contribution in [3.05, 3.63) is 25.3 Å². The van der Waals surface area contributed by atoms with Gasteiger partial charge in [0, 0.05) is 13.1 Å². The third-order valence-corrected chi connectivity index (χ3v) is 2.58. The SMILES string of the molecule is C=CCN(CC=C)OS(=O)(=O)C(F)C(F)(F)F. The molecule has 0 aliphatic heterocycles. The van der Waals surface area contributed by atoms with Crippen LogP contribution in [0.5, 0.6) is 0 Å². The molecular weight excluding hydrogens is 266 g/mol. The lowest BCUT2D eigenvalue weighted by Gasteiger charge is -2.20. The van der Waals surface area contributed by atoms with E-state index in [4.69, 9.17) is 0 Å². The molecule has 9 heteroatoms. The second kappa shape index (κ2) is 6.12. The molecule has 0 aliphatic rings. The molecule has 4 nitrogen and oxygen atoms in total. The van der Waals surface area contributed by atoms with Crippen molar-refractivity contribution < 1.29 is 30.3 Å². The molecule has 0 saturated heterocycles. The summed E-state index contributed by atoms with van der Waals surface area (Å²) < 4.78 is 74.0. The van der Waals surface area contributed by atoms with Gasteiger partial charge in [0.25, 0.3) is 0 Å². The normalized spacial score (nSPS) is 14.6. The largest absolute Gasteiger partial charge is 0.436 e. The van der Waals surface area contributed by atoms with E-state index < -0.39 is 21.8 Å². The van der Waals surface area contributed by atoms with Crippen LogP contribution in [0.2, 0.25) is 0 Å². The van der Waals surface area contributed by atoms with Gasteiger partial charge < -0.3 is 0 Å². The molecule has 0 aromatic heterocycles. The number of hydroxylamine groups is 2. The van der Waals surface area contributed by atoms with Crippen LogP contribution in [0, 0.1) is 0 Å². The summed E-state index contributed by atoms with van der Waals surface area (Å²) in [6.45, 7) is 6.08. The number of halogens is 4. The van der Waals surface area contributed by atoms with Crippen molar-refractivity contribution in [2.45, 2.75) is 11.7 Å². The summed E-state index contributed by atoms with van der Waals surface area (Å²) in [6, 6.07) is 0. The van der Waals surface area contributed by atoms with Gasteiger partial charge >= 0.3 is 21.8 Å². The van der Waals surface area contributed by atoms with Crippen LogP contribution >= 0.6 is 0 Å². The zero-order chi connectivity index (χ0) is 13.7. The quantitative estimate of drug-likeness (QED) is 0.404. The highest BCUT2D eigenvalue weighted by atomic mass is 32.2. The van der Waals surface area contributed by atoms with E-state index in [9.17, 15) is 26.0 Å². The molecule has 0 aliphatic carbocycles. The van der Waals surface area contributed by atoms with E-state index in [1.807, 2.05) is 0 Å².